The monoisotopic (exact) mass is 574 g/mol. The van der Waals surface area contributed by atoms with Gasteiger partial charge >= 0.3 is 34.1 Å². The molecule has 0 heterocycles. The fourth-order valence-electron chi connectivity index (χ4n) is 1.28. The van der Waals surface area contributed by atoms with Gasteiger partial charge in [0, 0.05) is 27.7 Å². The van der Waals surface area contributed by atoms with E-state index in [-0.39, 0.29) is 61.8 Å². The van der Waals surface area contributed by atoms with Crippen LogP contribution in [0, 0.1) is 0 Å². The summed E-state index contributed by atoms with van der Waals surface area (Å²) >= 11 is 0. The molecule has 0 spiro atoms. The summed E-state index contributed by atoms with van der Waals surface area (Å²) < 4.78 is 0. The minimum Gasteiger partial charge on any atom is -0.214 e. The molecule has 0 atom stereocenters. The summed E-state index contributed by atoms with van der Waals surface area (Å²) in [6, 6.07) is 40.0. The fraction of sp³-hybridized carbons (Fsp3) is 0. The van der Waals surface area contributed by atoms with Gasteiger partial charge in [-0.3, -0.25) is 0 Å². The van der Waals surface area contributed by atoms with Crippen LogP contribution in [-0.2, 0) is 61.8 Å². The maximum atomic E-state index is 2.00. The van der Waals surface area contributed by atoms with Crippen LogP contribution in [0.4, 0.5) is 0 Å². The molecule has 0 amide bonds. The molecular formula is C20H20Fe2Hg. The van der Waals surface area contributed by atoms with Crippen molar-refractivity contribution in [3.05, 3.63) is 121 Å². The summed E-state index contributed by atoms with van der Waals surface area (Å²) in [7, 11) is 0. The Morgan fingerprint density at radius 1 is 0.304 bits per heavy atom. The Labute approximate surface area is 181 Å². The van der Waals surface area contributed by atoms with Gasteiger partial charge in [-0.2, -0.15) is 72.8 Å². The summed E-state index contributed by atoms with van der Waals surface area (Å²) in [5, 5.41) is 0. The van der Waals surface area contributed by atoms with Gasteiger partial charge in [-0.05, 0) is 0 Å². The van der Waals surface area contributed by atoms with Crippen molar-refractivity contribution in [2.45, 2.75) is 0 Å². The van der Waals surface area contributed by atoms with Crippen molar-refractivity contribution in [3.8, 4) is 0 Å². The van der Waals surface area contributed by atoms with Crippen molar-refractivity contribution in [2.75, 3.05) is 0 Å². The molecule has 0 unspecified atom stereocenters. The van der Waals surface area contributed by atoms with Crippen LogP contribution in [0.1, 0.15) is 0 Å². The molecule has 0 N–H and O–H groups in total. The first-order chi connectivity index (χ1) is 10.0. The molecule has 0 nitrogen and oxygen atoms in total. The molecule has 0 saturated heterocycles. The molecule has 3 heteroatoms. The van der Waals surface area contributed by atoms with Gasteiger partial charge in [0.25, 0.3) is 0 Å². The zero-order chi connectivity index (χ0) is 14.1. The normalized spacial score (nSPS) is 6.96. The smallest absolute Gasteiger partial charge is 0.214 e. The van der Waals surface area contributed by atoms with Gasteiger partial charge in [-0.25, -0.2) is 48.5 Å². The summed E-state index contributed by atoms with van der Waals surface area (Å²) in [5.41, 5.74) is 0. The average molecular weight is 573 g/mol. The minimum absolute atomic E-state index is 0. The van der Waals surface area contributed by atoms with E-state index in [4.69, 9.17) is 0 Å². The van der Waals surface area contributed by atoms with E-state index in [9.17, 15) is 0 Å². The number of rotatable bonds is 0. The van der Waals surface area contributed by atoms with Crippen LogP contribution in [0.5, 0.6) is 0 Å². The van der Waals surface area contributed by atoms with Crippen LogP contribution in [0.2, 0.25) is 0 Å². The first-order valence-electron chi connectivity index (χ1n) is 6.67. The minimum atomic E-state index is 0. The zero-order valence-electron chi connectivity index (χ0n) is 13.0. The molecule has 4 aromatic carbocycles. The van der Waals surface area contributed by atoms with Gasteiger partial charge in [0.15, 0.2) is 0 Å². The van der Waals surface area contributed by atoms with Crippen molar-refractivity contribution >= 4 is 0 Å². The van der Waals surface area contributed by atoms with E-state index >= 15 is 0 Å². The third kappa shape index (κ3) is 21.4. The summed E-state index contributed by atoms with van der Waals surface area (Å²) in [6.07, 6.45) is 0. The standard InChI is InChI=1S/4C5H5.2Fe.Hg/c4*1-2-4-5-3-1;;;/h4*1-5H;;;/q4*-1;2*+2;. The Morgan fingerprint density at radius 2 is 0.435 bits per heavy atom. The maximum Gasteiger partial charge on any atom is 2.00 e. The van der Waals surface area contributed by atoms with Crippen LogP contribution in [0.3, 0.4) is 0 Å². The molecule has 0 aliphatic rings. The number of hydrogen-bond acceptors (Lipinski definition) is 0. The Kier molecular flexibility index (Phi) is 28.0. The molecule has 4 aromatic rings. The van der Waals surface area contributed by atoms with Gasteiger partial charge in [-0.1, -0.05) is 0 Å². The molecular weight excluding hydrogens is 553 g/mol. The summed E-state index contributed by atoms with van der Waals surface area (Å²) in [4.78, 5) is 0. The van der Waals surface area contributed by atoms with Gasteiger partial charge < -0.3 is 0 Å². The van der Waals surface area contributed by atoms with Gasteiger partial charge in [0.1, 0.15) is 0 Å². The first kappa shape index (κ1) is 27.2. The topological polar surface area (TPSA) is 0 Å². The van der Waals surface area contributed by atoms with Crippen LogP contribution in [0.25, 0.3) is 0 Å². The van der Waals surface area contributed by atoms with Crippen LogP contribution < -0.4 is 0 Å². The fourth-order valence-corrected chi connectivity index (χ4v) is 1.28. The third-order valence-corrected chi connectivity index (χ3v) is 2.22. The summed E-state index contributed by atoms with van der Waals surface area (Å²) in [5.74, 6) is 0. The van der Waals surface area contributed by atoms with Crippen molar-refractivity contribution in [2.24, 2.45) is 0 Å². The molecule has 0 saturated carbocycles. The second-order valence-corrected chi connectivity index (χ2v) is 3.85. The average Bonchev–Trinajstić information content (AvgIpc) is 3.40. The molecule has 118 valence electrons. The zero-order valence-corrected chi connectivity index (χ0v) is 20.7. The van der Waals surface area contributed by atoms with E-state index in [0.29, 0.717) is 0 Å². The molecule has 0 aromatic heterocycles. The second-order valence-electron chi connectivity index (χ2n) is 3.85. The van der Waals surface area contributed by atoms with E-state index in [2.05, 4.69) is 0 Å². The van der Waals surface area contributed by atoms with E-state index in [0.717, 1.165) is 0 Å². The van der Waals surface area contributed by atoms with E-state index in [1.165, 1.54) is 0 Å². The molecule has 23 heavy (non-hydrogen) atoms. The maximum absolute atomic E-state index is 2.00. The SMILES string of the molecule is [Fe+2].[Fe+2].[Hg].c1cc[cH-]c1.c1cc[cH-]c1.c1cc[cH-]c1.c1cc[cH-]c1. The quantitative estimate of drug-likeness (QED) is 0.190. The second kappa shape index (κ2) is 23.6. The Hall–Kier alpha value is -0.626. The van der Waals surface area contributed by atoms with Crippen LogP contribution >= 0.6 is 0 Å². The van der Waals surface area contributed by atoms with Crippen molar-refractivity contribution in [3.63, 3.8) is 0 Å². The van der Waals surface area contributed by atoms with E-state index < -0.39 is 0 Å². The van der Waals surface area contributed by atoms with Crippen LogP contribution in [0.15, 0.2) is 121 Å². The van der Waals surface area contributed by atoms with Gasteiger partial charge in [-0.15, -0.1) is 0 Å². The van der Waals surface area contributed by atoms with Gasteiger partial charge in [0.2, 0.25) is 0 Å². The molecule has 0 aliphatic heterocycles. The molecule has 4 rings (SSSR count). The first-order valence-corrected chi connectivity index (χ1v) is 6.67. The van der Waals surface area contributed by atoms with Crippen molar-refractivity contribution in [1.29, 1.82) is 0 Å². The van der Waals surface area contributed by atoms with Crippen molar-refractivity contribution in [1.82, 2.24) is 0 Å². The largest absolute Gasteiger partial charge is 2.00 e. The predicted molar refractivity (Wildman–Crippen MR) is 88.1 cm³/mol. The summed E-state index contributed by atoms with van der Waals surface area (Å²) in [6.45, 7) is 0. The molecule has 0 aliphatic carbocycles. The third-order valence-electron chi connectivity index (χ3n) is 2.22. The molecule has 0 fully saturated rings. The Morgan fingerprint density at radius 3 is 0.478 bits per heavy atom. The predicted octanol–water partition coefficient (Wildman–Crippen LogP) is 5.61. The van der Waals surface area contributed by atoms with Crippen molar-refractivity contribution < 1.29 is 61.8 Å². The molecule has 0 radical (unpaired) electrons. The van der Waals surface area contributed by atoms with E-state index in [1.807, 2.05) is 121 Å². The molecule has 0 bridgehead atoms. The van der Waals surface area contributed by atoms with Gasteiger partial charge in [0.05, 0.1) is 0 Å². The number of hydrogen-bond donors (Lipinski definition) is 0. The van der Waals surface area contributed by atoms with E-state index in [1.54, 1.807) is 0 Å². The Balaban J connectivity index is -0.000000222. The Bertz CT molecular complexity index is 347. The van der Waals surface area contributed by atoms with Crippen LogP contribution in [-0.4, -0.2) is 0 Å².